The number of benzene rings is 2. The van der Waals surface area contributed by atoms with Crippen molar-refractivity contribution < 1.29 is 4.74 Å². The van der Waals surface area contributed by atoms with Crippen LogP contribution in [0.2, 0.25) is 0 Å². The van der Waals surface area contributed by atoms with Crippen LogP contribution in [0.25, 0.3) is 0 Å². The molecule has 1 fully saturated rings. The van der Waals surface area contributed by atoms with E-state index in [0.29, 0.717) is 6.04 Å². The summed E-state index contributed by atoms with van der Waals surface area (Å²) in [5, 5.41) is 0. The maximum absolute atomic E-state index is 6.15. The molecule has 0 aliphatic carbocycles. The van der Waals surface area contributed by atoms with Crippen LogP contribution in [-0.4, -0.2) is 23.7 Å². The molecule has 0 amide bonds. The molecule has 2 heteroatoms. The number of hydrogen-bond acceptors (Lipinski definition) is 2. The average Bonchev–Trinajstić information content (AvgIpc) is 2.57. The first kappa shape index (κ1) is 15.1. The summed E-state index contributed by atoms with van der Waals surface area (Å²) in [5.41, 5.74) is 1.42. The summed E-state index contributed by atoms with van der Waals surface area (Å²) in [4.78, 5) is 2.53. The summed E-state index contributed by atoms with van der Waals surface area (Å²) in [5.74, 6) is 0.957. The number of hydrogen-bond donors (Lipinski definition) is 0. The van der Waals surface area contributed by atoms with Crippen molar-refractivity contribution in [2.45, 2.75) is 44.9 Å². The van der Waals surface area contributed by atoms with Crippen molar-refractivity contribution in [2.75, 3.05) is 6.54 Å². The molecule has 1 aliphatic rings. The van der Waals surface area contributed by atoms with Gasteiger partial charge in [-0.1, -0.05) is 55.0 Å². The van der Waals surface area contributed by atoms with Crippen molar-refractivity contribution >= 4 is 0 Å². The summed E-state index contributed by atoms with van der Waals surface area (Å²) in [7, 11) is 0. The molecule has 1 saturated heterocycles. The van der Waals surface area contributed by atoms with Gasteiger partial charge in [0.2, 0.25) is 0 Å². The Morgan fingerprint density at radius 1 is 1.00 bits per heavy atom. The number of rotatable bonds is 5. The van der Waals surface area contributed by atoms with Gasteiger partial charge in [-0.3, -0.25) is 4.90 Å². The summed E-state index contributed by atoms with van der Waals surface area (Å²) >= 11 is 0. The van der Waals surface area contributed by atoms with Crippen LogP contribution in [0.5, 0.6) is 5.75 Å². The largest absolute Gasteiger partial charge is 0.475 e. The van der Waals surface area contributed by atoms with E-state index in [1.54, 1.807) is 0 Å². The monoisotopic (exact) mass is 295 g/mol. The lowest BCUT2D eigenvalue weighted by molar-refractivity contribution is -0.0108. The van der Waals surface area contributed by atoms with Crippen molar-refractivity contribution in [3.63, 3.8) is 0 Å². The zero-order chi connectivity index (χ0) is 15.2. The van der Waals surface area contributed by atoms with Crippen LogP contribution in [0.1, 0.15) is 31.7 Å². The Labute approximate surface area is 133 Å². The third kappa shape index (κ3) is 3.89. The topological polar surface area (TPSA) is 12.5 Å². The Kier molecular flexibility index (Phi) is 5.12. The van der Waals surface area contributed by atoms with Gasteiger partial charge in [-0.25, -0.2) is 0 Å². The summed E-state index contributed by atoms with van der Waals surface area (Å²) in [6, 6.07) is 21.5. The number of ether oxygens (including phenoxy) is 1. The van der Waals surface area contributed by atoms with Crippen LogP contribution in [-0.2, 0) is 6.42 Å². The minimum Gasteiger partial charge on any atom is -0.475 e. The van der Waals surface area contributed by atoms with E-state index in [1.165, 1.54) is 24.8 Å². The first-order chi connectivity index (χ1) is 10.8. The third-order valence-electron chi connectivity index (χ3n) is 4.50. The smallest absolute Gasteiger partial charge is 0.150 e. The molecule has 2 aromatic rings. The second-order valence-corrected chi connectivity index (χ2v) is 6.11. The van der Waals surface area contributed by atoms with Crippen LogP contribution < -0.4 is 4.74 Å². The zero-order valence-corrected chi connectivity index (χ0v) is 13.3. The lowest BCUT2D eigenvalue weighted by Crippen LogP contribution is -2.48. The van der Waals surface area contributed by atoms with E-state index in [0.717, 1.165) is 18.7 Å². The van der Waals surface area contributed by atoms with E-state index >= 15 is 0 Å². The van der Waals surface area contributed by atoms with Crippen molar-refractivity contribution in [1.29, 1.82) is 0 Å². The van der Waals surface area contributed by atoms with Gasteiger partial charge >= 0.3 is 0 Å². The predicted molar refractivity (Wildman–Crippen MR) is 91.0 cm³/mol. The Balaban J connectivity index is 1.66. The van der Waals surface area contributed by atoms with Gasteiger partial charge in [0.25, 0.3) is 0 Å². The van der Waals surface area contributed by atoms with E-state index in [2.05, 4.69) is 42.2 Å². The maximum atomic E-state index is 6.15. The maximum Gasteiger partial charge on any atom is 0.150 e. The third-order valence-corrected chi connectivity index (χ3v) is 4.50. The van der Waals surface area contributed by atoms with Crippen molar-refractivity contribution in [1.82, 2.24) is 4.90 Å². The Morgan fingerprint density at radius 2 is 1.68 bits per heavy atom. The molecule has 0 bridgehead atoms. The van der Waals surface area contributed by atoms with Crippen LogP contribution in [0.4, 0.5) is 0 Å². The molecule has 1 heterocycles. The molecule has 2 unspecified atom stereocenters. The quantitative estimate of drug-likeness (QED) is 0.805. The highest BCUT2D eigenvalue weighted by Crippen LogP contribution is 2.24. The molecule has 0 N–H and O–H groups in total. The predicted octanol–water partition coefficient (Wildman–Crippen LogP) is 4.51. The minimum absolute atomic E-state index is 0.122. The number of nitrogens with zero attached hydrogens (tertiary/aromatic N) is 1. The summed E-state index contributed by atoms with van der Waals surface area (Å²) < 4.78 is 6.15. The first-order valence-corrected chi connectivity index (χ1v) is 8.34. The summed E-state index contributed by atoms with van der Waals surface area (Å²) in [6.07, 6.45) is 5.09. The van der Waals surface area contributed by atoms with E-state index in [4.69, 9.17) is 4.74 Å². The molecule has 0 spiro atoms. The average molecular weight is 295 g/mol. The van der Waals surface area contributed by atoms with Crippen LogP contribution >= 0.6 is 0 Å². The standard InChI is InChI=1S/C20H25NO/c1-17(22-20-13-6-3-7-14-20)21-15-9-8-12-19(21)16-18-10-4-2-5-11-18/h2-7,10-11,13-14,17,19H,8-9,12,15-16H2,1H3. The molecule has 116 valence electrons. The van der Waals surface area contributed by atoms with Gasteiger partial charge in [-0.15, -0.1) is 0 Å². The van der Waals surface area contributed by atoms with Gasteiger partial charge < -0.3 is 4.74 Å². The molecular formula is C20H25NO. The molecule has 3 rings (SSSR count). The van der Waals surface area contributed by atoms with Crippen molar-refractivity contribution in [3.05, 3.63) is 66.2 Å². The summed E-state index contributed by atoms with van der Waals surface area (Å²) in [6.45, 7) is 3.31. The molecule has 0 radical (unpaired) electrons. The highest BCUT2D eigenvalue weighted by Gasteiger charge is 2.27. The van der Waals surface area contributed by atoms with Crippen LogP contribution in [0, 0.1) is 0 Å². The number of piperidine rings is 1. The van der Waals surface area contributed by atoms with Gasteiger partial charge in [-0.2, -0.15) is 0 Å². The van der Waals surface area contributed by atoms with Crippen molar-refractivity contribution in [3.8, 4) is 5.75 Å². The molecule has 0 aromatic heterocycles. The fourth-order valence-electron chi connectivity index (χ4n) is 3.37. The van der Waals surface area contributed by atoms with E-state index in [1.807, 2.05) is 30.3 Å². The first-order valence-electron chi connectivity index (χ1n) is 8.34. The minimum atomic E-state index is 0.122. The highest BCUT2D eigenvalue weighted by molar-refractivity contribution is 5.21. The molecule has 1 aliphatic heterocycles. The normalized spacial score (nSPS) is 20.5. The van der Waals surface area contributed by atoms with E-state index in [9.17, 15) is 0 Å². The molecule has 2 aromatic carbocycles. The Hall–Kier alpha value is -1.80. The van der Waals surface area contributed by atoms with Crippen LogP contribution in [0.15, 0.2) is 60.7 Å². The molecule has 2 nitrogen and oxygen atoms in total. The van der Waals surface area contributed by atoms with Gasteiger partial charge in [0.05, 0.1) is 0 Å². The van der Waals surface area contributed by atoms with Crippen LogP contribution in [0.3, 0.4) is 0 Å². The second kappa shape index (κ2) is 7.46. The SMILES string of the molecule is CC(Oc1ccccc1)N1CCCCC1Cc1ccccc1. The molecule has 22 heavy (non-hydrogen) atoms. The van der Waals surface area contributed by atoms with Crippen molar-refractivity contribution in [2.24, 2.45) is 0 Å². The Bertz CT molecular complexity index is 554. The van der Waals surface area contributed by atoms with Gasteiger partial charge in [0, 0.05) is 12.6 Å². The second-order valence-electron chi connectivity index (χ2n) is 6.11. The van der Waals surface area contributed by atoms with Gasteiger partial charge in [-0.05, 0) is 43.9 Å². The van der Waals surface area contributed by atoms with E-state index in [-0.39, 0.29) is 6.23 Å². The number of para-hydroxylation sites is 1. The van der Waals surface area contributed by atoms with Gasteiger partial charge in [0.15, 0.2) is 0 Å². The molecule has 0 saturated carbocycles. The molecule has 2 atom stereocenters. The zero-order valence-electron chi connectivity index (χ0n) is 13.3. The van der Waals surface area contributed by atoms with Gasteiger partial charge in [0.1, 0.15) is 12.0 Å². The lowest BCUT2D eigenvalue weighted by Gasteiger charge is -2.39. The Morgan fingerprint density at radius 3 is 2.41 bits per heavy atom. The highest BCUT2D eigenvalue weighted by atomic mass is 16.5. The fraction of sp³-hybridized carbons (Fsp3) is 0.400. The molecular weight excluding hydrogens is 270 g/mol. The fourth-order valence-corrected chi connectivity index (χ4v) is 3.37. The lowest BCUT2D eigenvalue weighted by atomic mass is 9.95. The van der Waals surface area contributed by atoms with E-state index < -0.39 is 0 Å². The number of likely N-dealkylation sites (tertiary alicyclic amines) is 1.